The fourth-order valence-electron chi connectivity index (χ4n) is 2.02. The quantitative estimate of drug-likeness (QED) is 0.792. The van der Waals surface area contributed by atoms with Crippen LogP contribution in [0.15, 0.2) is 54.6 Å². The van der Waals surface area contributed by atoms with Gasteiger partial charge in [-0.25, -0.2) is 0 Å². The Bertz CT molecular complexity index is 516. The third-order valence-corrected chi connectivity index (χ3v) is 3.78. The molecule has 0 unspecified atom stereocenters. The van der Waals surface area contributed by atoms with Gasteiger partial charge in [0.05, 0.1) is 19.3 Å². The number of aliphatic hydroxyl groups is 1. The summed E-state index contributed by atoms with van der Waals surface area (Å²) >= 11 is 3.34. The zero-order valence-electron chi connectivity index (χ0n) is 11.3. The number of benzene rings is 2. The number of nitrogens with one attached hydrogen (secondary N) is 1. The predicted octanol–water partition coefficient (Wildman–Crippen LogP) is 3.60. The molecule has 2 rings (SSSR count). The molecule has 0 radical (unpaired) electrons. The highest BCUT2D eigenvalue weighted by atomic mass is 79.9. The summed E-state index contributed by atoms with van der Waals surface area (Å²) in [4.78, 5) is 0. The second-order valence-electron chi connectivity index (χ2n) is 4.48. The number of hydrogen-bond acceptors (Lipinski definition) is 3. The van der Waals surface area contributed by atoms with Crippen molar-refractivity contribution < 1.29 is 9.84 Å². The Morgan fingerprint density at radius 1 is 1.10 bits per heavy atom. The number of hydrogen-bond donors (Lipinski definition) is 2. The molecule has 0 heterocycles. The number of alkyl halides is 1. The molecule has 4 heteroatoms. The number of methoxy groups -OCH3 is 1. The third kappa shape index (κ3) is 3.74. The lowest BCUT2D eigenvalue weighted by atomic mass is 10.0. The van der Waals surface area contributed by atoms with E-state index in [4.69, 9.17) is 4.74 Å². The second-order valence-corrected chi connectivity index (χ2v) is 5.13. The largest absolute Gasteiger partial charge is 0.497 e. The highest BCUT2D eigenvalue weighted by molar-refractivity contribution is 9.09. The van der Waals surface area contributed by atoms with Crippen LogP contribution in [0.1, 0.15) is 11.6 Å². The lowest BCUT2D eigenvalue weighted by molar-refractivity contribution is 0.178. The van der Waals surface area contributed by atoms with Crippen molar-refractivity contribution in [2.75, 3.05) is 17.8 Å². The van der Waals surface area contributed by atoms with Crippen molar-refractivity contribution in [2.24, 2.45) is 0 Å². The van der Waals surface area contributed by atoms with Crippen molar-refractivity contribution in [2.45, 2.75) is 12.1 Å². The summed E-state index contributed by atoms with van der Waals surface area (Å²) in [7, 11) is 1.64. The molecular formula is C16H18BrNO2. The normalized spacial score (nSPS) is 13.6. The van der Waals surface area contributed by atoms with Crippen molar-refractivity contribution >= 4 is 21.6 Å². The molecule has 3 nitrogen and oxygen atoms in total. The standard InChI is InChI=1S/C16H18BrNO2/c1-20-14-9-7-13(8-10-14)18-16(15(19)11-17)12-5-3-2-4-6-12/h2-10,15-16,18-19H,11H2,1H3/t15-,16-/m1/s1. The molecule has 0 saturated heterocycles. The summed E-state index contributed by atoms with van der Waals surface area (Å²) in [6, 6.07) is 17.4. The lowest BCUT2D eigenvalue weighted by Crippen LogP contribution is -2.26. The van der Waals surface area contributed by atoms with Crippen LogP contribution in [0.25, 0.3) is 0 Å². The van der Waals surface area contributed by atoms with Crippen LogP contribution in [0.4, 0.5) is 5.69 Å². The van der Waals surface area contributed by atoms with E-state index in [2.05, 4.69) is 21.2 Å². The number of halogens is 1. The summed E-state index contributed by atoms with van der Waals surface area (Å²) in [5, 5.41) is 14.1. The molecule has 20 heavy (non-hydrogen) atoms. The Balaban J connectivity index is 2.19. The summed E-state index contributed by atoms with van der Waals surface area (Å²) in [6.45, 7) is 0. The number of anilines is 1. The minimum Gasteiger partial charge on any atom is -0.497 e. The molecule has 0 aliphatic carbocycles. The zero-order valence-corrected chi connectivity index (χ0v) is 12.9. The summed E-state index contributed by atoms with van der Waals surface area (Å²) in [6.07, 6.45) is -0.514. The molecule has 2 aromatic carbocycles. The van der Waals surface area contributed by atoms with Crippen molar-refractivity contribution in [1.82, 2.24) is 0 Å². The van der Waals surface area contributed by atoms with Gasteiger partial charge in [0.25, 0.3) is 0 Å². The molecule has 2 atom stereocenters. The molecule has 0 saturated carbocycles. The van der Waals surface area contributed by atoms with Crippen LogP contribution in [-0.2, 0) is 0 Å². The molecule has 0 amide bonds. The van der Waals surface area contributed by atoms with E-state index in [-0.39, 0.29) is 6.04 Å². The van der Waals surface area contributed by atoms with Gasteiger partial charge >= 0.3 is 0 Å². The number of ether oxygens (including phenoxy) is 1. The number of aliphatic hydroxyl groups excluding tert-OH is 1. The Morgan fingerprint density at radius 3 is 2.30 bits per heavy atom. The van der Waals surface area contributed by atoms with E-state index in [0.29, 0.717) is 5.33 Å². The predicted molar refractivity (Wildman–Crippen MR) is 85.6 cm³/mol. The Hall–Kier alpha value is -1.52. The molecular weight excluding hydrogens is 318 g/mol. The topological polar surface area (TPSA) is 41.5 Å². The maximum absolute atomic E-state index is 10.2. The zero-order chi connectivity index (χ0) is 14.4. The molecule has 2 aromatic rings. The summed E-state index contributed by atoms with van der Waals surface area (Å²) in [5.74, 6) is 0.813. The maximum atomic E-state index is 10.2. The summed E-state index contributed by atoms with van der Waals surface area (Å²) in [5.41, 5.74) is 2.00. The van der Waals surface area contributed by atoms with E-state index in [0.717, 1.165) is 17.0 Å². The van der Waals surface area contributed by atoms with Gasteiger partial charge in [0, 0.05) is 11.0 Å². The molecule has 0 aliphatic rings. The molecule has 0 bridgehead atoms. The van der Waals surface area contributed by atoms with Crippen molar-refractivity contribution in [1.29, 1.82) is 0 Å². The highest BCUT2D eigenvalue weighted by Gasteiger charge is 2.19. The smallest absolute Gasteiger partial charge is 0.119 e. The lowest BCUT2D eigenvalue weighted by Gasteiger charge is -2.24. The molecule has 0 spiro atoms. The van der Waals surface area contributed by atoms with Crippen LogP contribution in [0.2, 0.25) is 0 Å². The van der Waals surface area contributed by atoms with Gasteiger partial charge < -0.3 is 15.2 Å². The van der Waals surface area contributed by atoms with Gasteiger partial charge in [-0.05, 0) is 29.8 Å². The average molecular weight is 336 g/mol. The first-order valence-electron chi connectivity index (χ1n) is 6.44. The van der Waals surface area contributed by atoms with Crippen molar-refractivity contribution in [3.8, 4) is 5.75 Å². The number of rotatable bonds is 6. The minimum absolute atomic E-state index is 0.163. The fourth-order valence-corrected chi connectivity index (χ4v) is 2.39. The molecule has 106 valence electrons. The Labute approximate surface area is 127 Å². The van der Waals surface area contributed by atoms with Gasteiger partial charge in [0.2, 0.25) is 0 Å². The van der Waals surface area contributed by atoms with Gasteiger partial charge in [-0.15, -0.1) is 0 Å². The van der Waals surface area contributed by atoms with E-state index in [1.807, 2.05) is 54.6 Å². The van der Waals surface area contributed by atoms with Gasteiger partial charge in [-0.2, -0.15) is 0 Å². The minimum atomic E-state index is -0.514. The van der Waals surface area contributed by atoms with E-state index in [9.17, 15) is 5.11 Å². The van der Waals surface area contributed by atoms with Crippen LogP contribution < -0.4 is 10.1 Å². The molecule has 0 aliphatic heterocycles. The van der Waals surface area contributed by atoms with Gasteiger partial charge in [-0.3, -0.25) is 0 Å². The second kappa shape index (κ2) is 7.31. The Kier molecular flexibility index (Phi) is 5.44. The first-order chi connectivity index (χ1) is 9.74. The first-order valence-corrected chi connectivity index (χ1v) is 7.56. The van der Waals surface area contributed by atoms with E-state index in [1.165, 1.54) is 0 Å². The van der Waals surface area contributed by atoms with Crippen LogP contribution in [0.3, 0.4) is 0 Å². The molecule has 0 fully saturated rings. The SMILES string of the molecule is COc1ccc(N[C@H](c2ccccc2)[C@H](O)CBr)cc1. The van der Waals surface area contributed by atoms with E-state index in [1.54, 1.807) is 7.11 Å². The third-order valence-electron chi connectivity index (χ3n) is 3.11. The van der Waals surface area contributed by atoms with Gasteiger partial charge in [-0.1, -0.05) is 46.3 Å². The highest BCUT2D eigenvalue weighted by Crippen LogP contribution is 2.25. The first kappa shape index (κ1) is 14.9. The monoisotopic (exact) mass is 335 g/mol. The summed E-state index contributed by atoms with van der Waals surface area (Å²) < 4.78 is 5.14. The van der Waals surface area contributed by atoms with Crippen LogP contribution in [0, 0.1) is 0 Å². The van der Waals surface area contributed by atoms with Crippen molar-refractivity contribution in [3.63, 3.8) is 0 Å². The maximum Gasteiger partial charge on any atom is 0.119 e. The van der Waals surface area contributed by atoms with Crippen LogP contribution in [0.5, 0.6) is 5.75 Å². The van der Waals surface area contributed by atoms with E-state index < -0.39 is 6.10 Å². The van der Waals surface area contributed by atoms with Gasteiger partial charge in [0.15, 0.2) is 0 Å². The van der Waals surface area contributed by atoms with Crippen LogP contribution >= 0.6 is 15.9 Å². The van der Waals surface area contributed by atoms with Crippen LogP contribution in [-0.4, -0.2) is 23.7 Å². The van der Waals surface area contributed by atoms with E-state index >= 15 is 0 Å². The van der Waals surface area contributed by atoms with Crippen molar-refractivity contribution in [3.05, 3.63) is 60.2 Å². The average Bonchev–Trinajstić information content (AvgIpc) is 2.53. The molecule has 0 aromatic heterocycles. The molecule has 2 N–H and O–H groups in total. The van der Waals surface area contributed by atoms with Gasteiger partial charge in [0.1, 0.15) is 5.75 Å². The fraction of sp³-hybridized carbons (Fsp3) is 0.250. The Morgan fingerprint density at radius 2 is 1.75 bits per heavy atom.